The van der Waals surface area contributed by atoms with Gasteiger partial charge in [-0.2, -0.15) is 0 Å². The van der Waals surface area contributed by atoms with Gasteiger partial charge in [0.1, 0.15) is 11.6 Å². The average molecular weight is 382 g/mol. The topological polar surface area (TPSA) is 41.6 Å². The Morgan fingerprint density at radius 3 is 2.64 bits per heavy atom. The monoisotopic (exact) mass is 382 g/mol. The Bertz CT molecular complexity index is 806. The molecule has 2 heterocycles. The molecule has 0 aromatic heterocycles. The van der Waals surface area contributed by atoms with E-state index in [1.54, 1.807) is 7.11 Å². The van der Waals surface area contributed by atoms with Crippen LogP contribution in [0.4, 0.5) is 4.39 Å². The van der Waals surface area contributed by atoms with Crippen LogP contribution in [0.2, 0.25) is 0 Å². The molecule has 2 saturated heterocycles. The van der Waals surface area contributed by atoms with Crippen LogP contribution in [0.1, 0.15) is 36.3 Å². The molecule has 4 nitrogen and oxygen atoms in total. The molecule has 4 rings (SSSR count). The second-order valence-electron chi connectivity index (χ2n) is 7.74. The number of fused-ring (bicyclic) bond motifs is 1. The Morgan fingerprint density at radius 2 is 1.93 bits per heavy atom. The van der Waals surface area contributed by atoms with Crippen LogP contribution >= 0.6 is 0 Å². The minimum absolute atomic E-state index is 0.155. The van der Waals surface area contributed by atoms with E-state index in [-0.39, 0.29) is 23.7 Å². The summed E-state index contributed by atoms with van der Waals surface area (Å²) in [5, 5.41) is 3.59. The predicted molar refractivity (Wildman–Crippen MR) is 107 cm³/mol. The Hall–Kier alpha value is -2.40. The van der Waals surface area contributed by atoms with Gasteiger partial charge in [-0.15, -0.1) is 0 Å². The third kappa shape index (κ3) is 3.90. The van der Waals surface area contributed by atoms with Crippen molar-refractivity contribution in [3.63, 3.8) is 0 Å². The second kappa shape index (κ2) is 8.31. The van der Waals surface area contributed by atoms with Crippen molar-refractivity contribution >= 4 is 5.91 Å². The standard InChI is InChI=1S/C23H27FN2O2/c1-28-19-11-4-16(5-12-19)6-13-22(27)26-14-2-3-21-23(26)20(15-25-21)17-7-9-18(24)10-8-17/h4-5,7-12,20-21,23,25H,2-3,6,13-15H2,1H3/t20-,21-,23-/m1/s1. The molecule has 2 aromatic rings. The molecule has 2 aliphatic rings. The number of nitrogens with one attached hydrogen (secondary N) is 1. The minimum Gasteiger partial charge on any atom is -0.497 e. The molecule has 0 saturated carbocycles. The quantitative estimate of drug-likeness (QED) is 0.860. The fraction of sp³-hybridized carbons (Fsp3) is 0.435. The van der Waals surface area contributed by atoms with E-state index in [2.05, 4.69) is 10.2 Å². The van der Waals surface area contributed by atoms with Crippen molar-refractivity contribution < 1.29 is 13.9 Å². The van der Waals surface area contributed by atoms with Crippen LogP contribution in [0, 0.1) is 5.82 Å². The molecular weight excluding hydrogens is 355 g/mol. The number of nitrogens with zero attached hydrogens (tertiary/aromatic N) is 1. The highest BCUT2D eigenvalue weighted by Crippen LogP contribution is 2.35. The third-order valence-electron chi connectivity index (χ3n) is 6.10. The van der Waals surface area contributed by atoms with Gasteiger partial charge < -0.3 is 15.0 Å². The van der Waals surface area contributed by atoms with E-state index in [9.17, 15) is 9.18 Å². The highest BCUT2D eigenvalue weighted by Gasteiger charge is 2.43. The third-order valence-corrected chi connectivity index (χ3v) is 6.10. The number of rotatable bonds is 5. The summed E-state index contributed by atoms with van der Waals surface area (Å²) >= 11 is 0. The lowest BCUT2D eigenvalue weighted by Crippen LogP contribution is -2.52. The first-order valence-electron chi connectivity index (χ1n) is 10.1. The number of ether oxygens (including phenoxy) is 1. The van der Waals surface area contributed by atoms with Gasteiger partial charge in [0.25, 0.3) is 0 Å². The molecule has 0 aliphatic carbocycles. The summed E-state index contributed by atoms with van der Waals surface area (Å²) in [4.78, 5) is 15.2. The fourth-order valence-corrected chi connectivity index (χ4v) is 4.64. The van der Waals surface area contributed by atoms with Gasteiger partial charge in [0.15, 0.2) is 0 Å². The summed E-state index contributed by atoms with van der Waals surface area (Å²) in [7, 11) is 1.65. The number of carbonyl (C=O) groups excluding carboxylic acids is 1. The van der Waals surface area contributed by atoms with Gasteiger partial charge in [-0.25, -0.2) is 4.39 Å². The maximum atomic E-state index is 13.3. The molecule has 3 atom stereocenters. The van der Waals surface area contributed by atoms with Crippen molar-refractivity contribution in [3.05, 3.63) is 65.5 Å². The Labute approximate surface area is 165 Å². The first kappa shape index (κ1) is 18.9. The lowest BCUT2D eigenvalue weighted by molar-refractivity contribution is -0.135. The van der Waals surface area contributed by atoms with Gasteiger partial charge in [-0.3, -0.25) is 4.79 Å². The number of benzene rings is 2. The number of amides is 1. The molecule has 28 heavy (non-hydrogen) atoms. The zero-order chi connectivity index (χ0) is 19.5. The van der Waals surface area contributed by atoms with Crippen LogP contribution in [-0.4, -0.2) is 43.1 Å². The van der Waals surface area contributed by atoms with Gasteiger partial charge in [-0.1, -0.05) is 24.3 Å². The largest absolute Gasteiger partial charge is 0.497 e. The zero-order valence-corrected chi connectivity index (χ0v) is 16.2. The lowest BCUT2D eigenvalue weighted by Gasteiger charge is -2.40. The fourth-order valence-electron chi connectivity index (χ4n) is 4.64. The van der Waals surface area contributed by atoms with E-state index < -0.39 is 0 Å². The number of methoxy groups -OCH3 is 1. The van der Waals surface area contributed by atoms with E-state index in [1.165, 1.54) is 12.1 Å². The number of halogens is 1. The molecule has 0 bridgehead atoms. The summed E-state index contributed by atoms with van der Waals surface area (Å²) in [6, 6.07) is 15.1. The summed E-state index contributed by atoms with van der Waals surface area (Å²) in [6.45, 7) is 1.64. The maximum absolute atomic E-state index is 13.3. The number of carbonyl (C=O) groups is 1. The van der Waals surface area contributed by atoms with Gasteiger partial charge >= 0.3 is 0 Å². The molecule has 2 fully saturated rings. The summed E-state index contributed by atoms with van der Waals surface area (Å²) in [6.07, 6.45) is 3.35. The molecule has 2 aliphatic heterocycles. The highest BCUT2D eigenvalue weighted by atomic mass is 19.1. The first-order valence-corrected chi connectivity index (χ1v) is 10.1. The van der Waals surface area contributed by atoms with Gasteiger partial charge in [0, 0.05) is 31.5 Å². The molecule has 1 N–H and O–H groups in total. The number of hydrogen-bond donors (Lipinski definition) is 1. The Morgan fingerprint density at radius 1 is 1.18 bits per heavy atom. The second-order valence-corrected chi connectivity index (χ2v) is 7.74. The highest BCUT2D eigenvalue weighted by molar-refractivity contribution is 5.77. The number of aryl methyl sites for hydroxylation is 1. The zero-order valence-electron chi connectivity index (χ0n) is 16.2. The van der Waals surface area contributed by atoms with E-state index in [1.807, 2.05) is 36.4 Å². The van der Waals surface area contributed by atoms with Crippen LogP contribution in [0.5, 0.6) is 5.75 Å². The van der Waals surface area contributed by atoms with Crippen molar-refractivity contribution in [1.82, 2.24) is 10.2 Å². The average Bonchev–Trinajstić information content (AvgIpc) is 3.17. The van der Waals surface area contributed by atoms with Gasteiger partial charge in [0.2, 0.25) is 5.91 Å². The van der Waals surface area contributed by atoms with Crippen LogP contribution in [0.25, 0.3) is 0 Å². The van der Waals surface area contributed by atoms with Gasteiger partial charge in [-0.05, 0) is 54.7 Å². The smallest absolute Gasteiger partial charge is 0.223 e. The van der Waals surface area contributed by atoms with Crippen molar-refractivity contribution in [2.24, 2.45) is 0 Å². The van der Waals surface area contributed by atoms with Crippen LogP contribution in [0.3, 0.4) is 0 Å². The molecule has 2 aromatic carbocycles. The van der Waals surface area contributed by atoms with E-state index in [4.69, 9.17) is 4.74 Å². The van der Waals surface area contributed by atoms with Crippen molar-refractivity contribution in [2.75, 3.05) is 20.2 Å². The van der Waals surface area contributed by atoms with Crippen molar-refractivity contribution in [2.45, 2.75) is 43.7 Å². The summed E-state index contributed by atoms with van der Waals surface area (Å²) < 4.78 is 18.5. The van der Waals surface area contributed by atoms with E-state index >= 15 is 0 Å². The van der Waals surface area contributed by atoms with Gasteiger partial charge in [0.05, 0.1) is 13.2 Å². The van der Waals surface area contributed by atoms with Crippen molar-refractivity contribution in [3.8, 4) is 5.75 Å². The Balaban J connectivity index is 1.45. The van der Waals surface area contributed by atoms with Crippen molar-refractivity contribution in [1.29, 1.82) is 0 Å². The summed E-state index contributed by atoms with van der Waals surface area (Å²) in [5.74, 6) is 1.03. The van der Waals surface area contributed by atoms with Crippen LogP contribution in [0.15, 0.2) is 48.5 Å². The maximum Gasteiger partial charge on any atom is 0.223 e. The lowest BCUT2D eigenvalue weighted by atomic mass is 9.86. The SMILES string of the molecule is COc1ccc(CCC(=O)N2CCC[C@H]3NC[C@H](c4ccc(F)cc4)[C@H]32)cc1. The molecule has 1 amide bonds. The molecule has 5 heteroatoms. The number of likely N-dealkylation sites (tertiary alicyclic amines) is 1. The normalized spacial score (nSPS) is 24.1. The summed E-state index contributed by atoms with van der Waals surface area (Å²) in [5.41, 5.74) is 2.25. The molecule has 0 spiro atoms. The van der Waals surface area contributed by atoms with E-state index in [0.29, 0.717) is 12.5 Å². The Kier molecular flexibility index (Phi) is 5.62. The first-order chi connectivity index (χ1) is 13.7. The van der Waals surface area contributed by atoms with Crippen LogP contribution in [-0.2, 0) is 11.2 Å². The van der Waals surface area contributed by atoms with E-state index in [0.717, 1.165) is 49.2 Å². The van der Waals surface area contributed by atoms with Crippen LogP contribution < -0.4 is 10.1 Å². The molecule has 0 unspecified atom stereocenters. The minimum atomic E-state index is -0.220. The molecule has 148 valence electrons. The molecular formula is C23H27FN2O2. The molecule has 0 radical (unpaired) electrons. The number of hydrogen-bond acceptors (Lipinski definition) is 3. The number of piperidine rings is 1. The predicted octanol–water partition coefficient (Wildman–Crippen LogP) is 3.51.